The molecule has 0 aromatic carbocycles. The van der Waals surface area contributed by atoms with E-state index in [0.717, 1.165) is 23.5 Å². The lowest BCUT2D eigenvalue weighted by Gasteiger charge is -1.98. The van der Waals surface area contributed by atoms with Gasteiger partial charge in [0.15, 0.2) is 0 Å². The Bertz CT molecular complexity index is 448. The number of unbranched alkanes of at least 4 members (excludes halogenated alkanes) is 1. The number of aromatic nitrogens is 2. The van der Waals surface area contributed by atoms with Gasteiger partial charge in [-0.05, 0) is 18.9 Å². The van der Waals surface area contributed by atoms with Crippen LogP contribution in [0, 0.1) is 0 Å². The molecule has 0 saturated heterocycles. The van der Waals surface area contributed by atoms with Crippen molar-refractivity contribution in [1.29, 1.82) is 0 Å². The van der Waals surface area contributed by atoms with Crippen molar-refractivity contribution >= 4 is 5.65 Å². The molecule has 0 aliphatic rings. The number of nitrogens with zero attached hydrogens (tertiary/aromatic N) is 2. The maximum absolute atomic E-state index is 5.16. The zero-order valence-corrected chi connectivity index (χ0v) is 9.23. The van der Waals surface area contributed by atoms with Gasteiger partial charge in [-0.1, -0.05) is 13.3 Å². The van der Waals surface area contributed by atoms with E-state index in [-0.39, 0.29) is 0 Å². The summed E-state index contributed by atoms with van der Waals surface area (Å²) in [6, 6.07) is 3.90. The first kappa shape index (κ1) is 10.0. The van der Waals surface area contributed by atoms with E-state index in [1.807, 2.05) is 22.7 Å². The van der Waals surface area contributed by atoms with E-state index in [1.165, 1.54) is 12.8 Å². The highest BCUT2D eigenvalue weighted by Gasteiger charge is 2.01. The highest BCUT2D eigenvalue weighted by molar-refractivity contribution is 5.45. The van der Waals surface area contributed by atoms with Crippen molar-refractivity contribution in [3.05, 3.63) is 30.2 Å². The van der Waals surface area contributed by atoms with Gasteiger partial charge in [-0.2, -0.15) is 0 Å². The van der Waals surface area contributed by atoms with Crippen molar-refractivity contribution < 1.29 is 4.74 Å². The van der Waals surface area contributed by atoms with Gasteiger partial charge in [0.2, 0.25) is 0 Å². The Kier molecular flexibility index (Phi) is 2.90. The van der Waals surface area contributed by atoms with Crippen molar-refractivity contribution in [2.24, 2.45) is 0 Å². The number of aryl methyl sites for hydroxylation is 1. The fourth-order valence-corrected chi connectivity index (χ4v) is 1.62. The third kappa shape index (κ3) is 2.12. The molecule has 2 heterocycles. The lowest BCUT2D eigenvalue weighted by atomic mass is 10.2. The summed E-state index contributed by atoms with van der Waals surface area (Å²) >= 11 is 0. The molecule has 0 unspecified atom stereocenters. The van der Waals surface area contributed by atoms with Crippen LogP contribution in [0.4, 0.5) is 0 Å². The largest absolute Gasteiger partial charge is 0.497 e. The second-order valence-corrected chi connectivity index (χ2v) is 3.67. The van der Waals surface area contributed by atoms with Crippen LogP contribution in [-0.2, 0) is 6.42 Å². The SMILES string of the molecule is CCCCc1cn2ccc(OC)cc2n1. The van der Waals surface area contributed by atoms with Crippen molar-refractivity contribution in [2.45, 2.75) is 26.2 Å². The third-order valence-electron chi connectivity index (χ3n) is 2.50. The Morgan fingerprint density at radius 3 is 3.07 bits per heavy atom. The summed E-state index contributed by atoms with van der Waals surface area (Å²) < 4.78 is 7.19. The number of imidazole rings is 1. The van der Waals surface area contributed by atoms with Gasteiger partial charge in [-0.3, -0.25) is 0 Å². The summed E-state index contributed by atoms with van der Waals surface area (Å²) in [7, 11) is 1.67. The predicted molar refractivity (Wildman–Crippen MR) is 60.4 cm³/mol. The van der Waals surface area contributed by atoms with Gasteiger partial charge < -0.3 is 9.14 Å². The lowest BCUT2D eigenvalue weighted by molar-refractivity contribution is 0.414. The molecule has 2 rings (SSSR count). The van der Waals surface area contributed by atoms with E-state index >= 15 is 0 Å². The van der Waals surface area contributed by atoms with Gasteiger partial charge in [0.1, 0.15) is 11.4 Å². The molecule has 80 valence electrons. The fourth-order valence-electron chi connectivity index (χ4n) is 1.62. The van der Waals surface area contributed by atoms with E-state index in [2.05, 4.69) is 18.1 Å². The fraction of sp³-hybridized carbons (Fsp3) is 0.417. The quantitative estimate of drug-likeness (QED) is 0.765. The molecule has 15 heavy (non-hydrogen) atoms. The van der Waals surface area contributed by atoms with Gasteiger partial charge in [-0.25, -0.2) is 4.98 Å². The Morgan fingerprint density at radius 1 is 1.47 bits per heavy atom. The minimum atomic E-state index is 0.857. The Balaban J connectivity index is 2.29. The van der Waals surface area contributed by atoms with Crippen LogP contribution in [0.1, 0.15) is 25.5 Å². The molecule has 0 atom stereocenters. The lowest BCUT2D eigenvalue weighted by Crippen LogP contribution is -1.86. The average molecular weight is 204 g/mol. The van der Waals surface area contributed by atoms with Gasteiger partial charge in [-0.15, -0.1) is 0 Å². The van der Waals surface area contributed by atoms with Crippen LogP contribution < -0.4 is 4.74 Å². The van der Waals surface area contributed by atoms with Crippen LogP contribution in [0.2, 0.25) is 0 Å². The minimum Gasteiger partial charge on any atom is -0.497 e. The molecule has 0 bridgehead atoms. The van der Waals surface area contributed by atoms with Crippen LogP contribution in [0.3, 0.4) is 0 Å². The van der Waals surface area contributed by atoms with Gasteiger partial charge in [0.05, 0.1) is 12.8 Å². The highest BCUT2D eigenvalue weighted by atomic mass is 16.5. The van der Waals surface area contributed by atoms with Crippen LogP contribution in [0.25, 0.3) is 5.65 Å². The second-order valence-electron chi connectivity index (χ2n) is 3.67. The first-order valence-electron chi connectivity index (χ1n) is 5.35. The third-order valence-corrected chi connectivity index (χ3v) is 2.50. The molecule has 3 heteroatoms. The Hall–Kier alpha value is -1.51. The van der Waals surface area contributed by atoms with Crippen molar-refractivity contribution in [3.8, 4) is 5.75 Å². The van der Waals surface area contributed by atoms with E-state index in [4.69, 9.17) is 4.74 Å². The van der Waals surface area contributed by atoms with Crippen molar-refractivity contribution in [2.75, 3.05) is 7.11 Å². The topological polar surface area (TPSA) is 26.5 Å². The monoisotopic (exact) mass is 204 g/mol. The molecule has 0 aliphatic carbocycles. The second kappa shape index (κ2) is 4.34. The molecule has 0 aliphatic heterocycles. The number of fused-ring (bicyclic) bond motifs is 1. The van der Waals surface area contributed by atoms with Crippen LogP contribution >= 0.6 is 0 Å². The molecular formula is C12H16N2O. The highest BCUT2D eigenvalue weighted by Crippen LogP contribution is 2.14. The molecular weight excluding hydrogens is 188 g/mol. The predicted octanol–water partition coefficient (Wildman–Crippen LogP) is 2.69. The first-order chi connectivity index (χ1) is 7.33. The molecule has 0 saturated carbocycles. The maximum atomic E-state index is 5.16. The zero-order chi connectivity index (χ0) is 10.7. The molecule has 0 amide bonds. The standard InChI is InChI=1S/C12H16N2O/c1-3-4-5-10-9-14-7-6-11(15-2)8-12(14)13-10/h6-9H,3-5H2,1-2H3. The summed E-state index contributed by atoms with van der Waals surface area (Å²) in [6.45, 7) is 2.19. The van der Waals surface area contributed by atoms with Gasteiger partial charge in [0, 0.05) is 18.5 Å². The summed E-state index contributed by atoms with van der Waals surface area (Å²) in [5.41, 5.74) is 2.12. The molecule has 0 fully saturated rings. The van der Waals surface area contributed by atoms with E-state index in [9.17, 15) is 0 Å². The summed E-state index contributed by atoms with van der Waals surface area (Å²) in [5.74, 6) is 0.857. The molecule has 0 radical (unpaired) electrons. The van der Waals surface area contributed by atoms with Crippen LogP contribution in [-0.4, -0.2) is 16.5 Å². The average Bonchev–Trinajstić information content (AvgIpc) is 2.67. The molecule has 0 N–H and O–H groups in total. The number of methoxy groups -OCH3 is 1. The molecule has 2 aromatic rings. The maximum Gasteiger partial charge on any atom is 0.140 e. The van der Waals surface area contributed by atoms with Crippen molar-refractivity contribution in [1.82, 2.24) is 9.38 Å². The van der Waals surface area contributed by atoms with E-state index in [1.54, 1.807) is 7.11 Å². The number of pyridine rings is 1. The number of rotatable bonds is 4. The number of hydrogen-bond acceptors (Lipinski definition) is 2. The first-order valence-corrected chi connectivity index (χ1v) is 5.35. The van der Waals surface area contributed by atoms with Crippen molar-refractivity contribution in [3.63, 3.8) is 0 Å². The molecule has 3 nitrogen and oxygen atoms in total. The van der Waals surface area contributed by atoms with Crippen LogP contribution in [0.5, 0.6) is 5.75 Å². The van der Waals surface area contributed by atoms with E-state index in [0.29, 0.717) is 0 Å². The molecule has 2 aromatic heterocycles. The smallest absolute Gasteiger partial charge is 0.140 e. The Morgan fingerprint density at radius 2 is 2.33 bits per heavy atom. The molecule has 0 spiro atoms. The summed E-state index contributed by atoms with van der Waals surface area (Å²) in [5, 5.41) is 0. The van der Waals surface area contributed by atoms with Gasteiger partial charge in [0.25, 0.3) is 0 Å². The summed E-state index contributed by atoms with van der Waals surface area (Å²) in [6.07, 6.45) is 7.53. The number of ether oxygens (including phenoxy) is 1. The van der Waals surface area contributed by atoms with Gasteiger partial charge >= 0.3 is 0 Å². The minimum absolute atomic E-state index is 0.857. The number of hydrogen-bond donors (Lipinski definition) is 0. The van der Waals surface area contributed by atoms with E-state index < -0.39 is 0 Å². The normalized spacial score (nSPS) is 10.8. The Labute approximate surface area is 89.7 Å². The summed E-state index contributed by atoms with van der Waals surface area (Å²) in [4.78, 5) is 4.54. The zero-order valence-electron chi connectivity index (χ0n) is 9.23. The van der Waals surface area contributed by atoms with Crippen LogP contribution in [0.15, 0.2) is 24.5 Å².